The van der Waals surface area contributed by atoms with Crippen molar-refractivity contribution < 1.29 is 9.47 Å². The van der Waals surface area contributed by atoms with E-state index in [1.54, 1.807) is 14.2 Å². The topological polar surface area (TPSA) is 42.2 Å². The summed E-state index contributed by atoms with van der Waals surface area (Å²) >= 11 is 0. The van der Waals surface area contributed by atoms with Gasteiger partial charge in [0.05, 0.1) is 26.7 Å². The number of benzene rings is 1. The Labute approximate surface area is 83.9 Å². The highest BCUT2D eigenvalue weighted by Gasteiger charge is 2.07. The fraction of sp³-hybridized carbons (Fsp3) is 0.364. The van der Waals surface area contributed by atoms with Crippen LogP contribution in [0.2, 0.25) is 0 Å². The summed E-state index contributed by atoms with van der Waals surface area (Å²) < 4.78 is 10.3. The van der Waals surface area contributed by atoms with Crippen molar-refractivity contribution in [3.8, 4) is 17.6 Å². The Bertz CT molecular complexity index is 366. The van der Waals surface area contributed by atoms with Crippen molar-refractivity contribution in [2.75, 3.05) is 14.2 Å². The van der Waals surface area contributed by atoms with Crippen LogP contribution in [-0.2, 0) is 6.42 Å². The van der Waals surface area contributed by atoms with Gasteiger partial charge in [-0.2, -0.15) is 5.26 Å². The van der Waals surface area contributed by atoms with Gasteiger partial charge in [0.2, 0.25) is 0 Å². The maximum absolute atomic E-state index is 8.62. The van der Waals surface area contributed by atoms with E-state index in [9.17, 15) is 0 Å². The van der Waals surface area contributed by atoms with Gasteiger partial charge in [-0.1, -0.05) is 0 Å². The minimum atomic E-state index is 0.355. The molecule has 0 saturated carbocycles. The molecule has 0 aliphatic rings. The van der Waals surface area contributed by atoms with Crippen molar-refractivity contribution in [3.05, 3.63) is 23.3 Å². The van der Waals surface area contributed by atoms with Crippen LogP contribution in [0.1, 0.15) is 11.1 Å². The smallest absolute Gasteiger partial charge is 0.126 e. The highest BCUT2D eigenvalue weighted by Crippen LogP contribution is 2.28. The summed E-state index contributed by atoms with van der Waals surface area (Å²) in [5.74, 6) is 1.48. The van der Waals surface area contributed by atoms with Crippen molar-refractivity contribution in [1.82, 2.24) is 0 Å². The molecule has 0 aromatic heterocycles. The van der Waals surface area contributed by atoms with E-state index in [0.717, 1.165) is 16.9 Å². The largest absolute Gasteiger partial charge is 0.496 e. The standard InChI is InChI=1S/C11H13NO2/c1-8-6-9(4-5-12)11(14-3)7-10(8)13-2/h6-7H,4H2,1-3H3. The van der Waals surface area contributed by atoms with E-state index < -0.39 is 0 Å². The summed E-state index contributed by atoms with van der Waals surface area (Å²) in [5, 5.41) is 8.62. The summed E-state index contributed by atoms with van der Waals surface area (Å²) in [7, 11) is 3.21. The summed E-state index contributed by atoms with van der Waals surface area (Å²) in [6.45, 7) is 1.94. The number of methoxy groups -OCH3 is 2. The van der Waals surface area contributed by atoms with Crippen LogP contribution in [-0.4, -0.2) is 14.2 Å². The molecule has 0 amide bonds. The lowest BCUT2D eigenvalue weighted by Gasteiger charge is -2.10. The molecule has 14 heavy (non-hydrogen) atoms. The van der Waals surface area contributed by atoms with E-state index in [1.165, 1.54) is 0 Å². The van der Waals surface area contributed by atoms with Gasteiger partial charge in [0.15, 0.2) is 0 Å². The Morgan fingerprint density at radius 3 is 2.36 bits per heavy atom. The van der Waals surface area contributed by atoms with Crippen LogP contribution < -0.4 is 9.47 Å². The minimum Gasteiger partial charge on any atom is -0.496 e. The first-order chi connectivity index (χ1) is 6.72. The molecule has 74 valence electrons. The van der Waals surface area contributed by atoms with E-state index in [0.29, 0.717) is 12.2 Å². The predicted molar refractivity (Wildman–Crippen MR) is 53.6 cm³/mol. The summed E-state index contributed by atoms with van der Waals surface area (Å²) in [5.41, 5.74) is 1.91. The lowest BCUT2D eigenvalue weighted by molar-refractivity contribution is 0.390. The molecule has 0 N–H and O–H groups in total. The van der Waals surface area contributed by atoms with E-state index in [2.05, 4.69) is 6.07 Å². The van der Waals surface area contributed by atoms with Crippen LogP contribution in [0.3, 0.4) is 0 Å². The van der Waals surface area contributed by atoms with Crippen LogP contribution in [0.5, 0.6) is 11.5 Å². The molecule has 3 nitrogen and oxygen atoms in total. The van der Waals surface area contributed by atoms with Gasteiger partial charge in [0.25, 0.3) is 0 Å². The average Bonchev–Trinajstić information content (AvgIpc) is 2.19. The van der Waals surface area contributed by atoms with E-state index in [-0.39, 0.29) is 0 Å². The third kappa shape index (κ3) is 1.97. The predicted octanol–water partition coefficient (Wildman–Crippen LogP) is 2.08. The quantitative estimate of drug-likeness (QED) is 0.734. The number of hydrogen-bond acceptors (Lipinski definition) is 3. The lowest BCUT2D eigenvalue weighted by atomic mass is 10.1. The van der Waals surface area contributed by atoms with Gasteiger partial charge in [0, 0.05) is 11.6 Å². The molecular weight excluding hydrogens is 178 g/mol. The number of rotatable bonds is 3. The van der Waals surface area contributed by atoms with Crippen molar-refractivity contribution >= 4 is 0 Å². The second-order valence-electron chi connectivity index (χ2n) is 2.97. The highest BCUT2D eigenvalue weighted by molar-refractivity contribution is 5.46. The summed E-state index contributed by atoms with van der Waals surface area (Å²) in [6.07, 6.45) is 0.355. The molecular formula is C11H13NO2. The zero-order chi connectivity index (χ0) is 10.6. The third-order valence-corrected chi connectivity index (χ3v) is 2.07. The summed E-state index contributed by atoms with van der Waals surface area (Å²) in [4.78, 5) is 0. The van der Waals surface area contributed by atoms with Gasteiger partial charge in [-0.25, -0.2) is 0 Å². The third-order valence-electron chi connectivity index (χ3n) is 2.07. The fourth-order valence-electron chi connectivity index (χ4n) is 1.36. The average molecular weight is 191 g/mol. The zero-order valence-electron chi connectivity index (χ0n) is 8.63. The Morgan fingerprint density at radius 1 is 1.21 bits per heavy atom. The molecule has 1 rings (SSSR count). The summed E-state index contributed by atoms with van der Waals surface area (Å²) in [6, 6.07) is 5.83. The first kappa shape index (κ1) is 10.4. The van der Waals surface area contributed by atoms with Crippen LogP contribution >= 0.6 is 0 Å². The van der Waals surface area contributed by atoms with Gasteiger partial charge in [-0.15, -0.1) is 0 Å². The van der Waals surface area contributed by atoms with Gasteiger partial charge in [-0.3, -0.25) is 0 Å². The van der Waals surface area contributed by atoms with Gasteiger partial charge in [0.1, 0.15) is 11.5 Å². The molecule has 0 bridgehead atoms. The zero-order valence-corrected chi connectivity index (χ0v) is 8.63. The van der Waals surface area contributed by atoms with E-state index in [1.807, 2.05) is 19.1 Å². The minimum absolute atomic E-state index is 0.355. The normalized spacial score (nSPS) is 9.29. The van der Waals surface area contributed by atoms with Crippen LogP contribution in [0.4, 0.5) is 0 Å². The first-order valence-electron chi connectivity index (χ1n) is 4.31. The van der Waals surface area contributed by atoms with Crippen molar-refractivity contribution in [2.45, 2.75) is 13.3 Å². The van der Waals surface area contributed by atoms with Crippen molar-refractivity contribution in [2.24, 2.45) is 0 Å². The number of hydrogen-bond donors (Lipinski definition) is 0. The number of nitrogens with zero attached hydrogens (tertiary/aromatic N) is 1. The molecule has 0 aliphatic carbocycles. The molecule has 0 radical (unpaired) electrons. The van der Waals surface area contributed by atoms with Crippen LogP contribution in [0.25, 0.3) is 0 Å². The Kier molecular flexibility index (Phi) is 3.35. The molecule has 0 fully saturated rings. The Morgan fingerprint density at radius 2 is 1.86 bits per heavy atom. The maximum atomic E-state index is 8.62. The molecule has 0 unspecified atom stereocenters. The molecule has 3 heteroatoms. The lowest BCUT2D eigenvalue weighted by Crippen LogP contribution is -1.95. The monoisotopic (exact) mass is 191 g/mol. The molecule has 0 heterocycles. The molecule has 0 spiro atoms. The van der Waals surface area contributed by atoms with Crippen molar-refractivity contribution in [3.63, 3.8) is 0 Å². The molecule has 0 atom stereocenters. The Hall–Kier alpha value is -1.69. The van der Waals surface area contributed by atoms with E-state index >= 15 is 0 Å². The van der Waals surface area contributed by atoms with Gasteiger partial charge < -0.3 is 9.47 Å². The SMILES string of the molecule is COc1cc(OC)c(CC#N)cc1C. The molecule has 0 saturated heterocycles. The molecule has 1 aromatic carbocycles. The fourth-order valence-corrected chi connectivity index (χ4v) is 1.36. The van der Waals surface area contributed by atoms with E-state index in [4.69, 9.17) is 14.7 Å². The van der Waals surface area contributed by atoms with Crippen molar-refractivity contribution in [1.29, 1.82) is 5.26 Å². The highest BCUT2D eigenvalue weighted by atomic mass is 16.5. The molecule has 1 aromatic rings. The van der Waals surface area contributed by atoms with Gasteiger partial charge in [-0.05, 0) is 18.6 Å². The molecule has 0 aliphatic heterocycles. The second-order valence-corrected chi connectivity index (χ2v) is 2.97. The second kappa shape index (κ2) is 4.52. The maximum Gasteiger partial charge on any atom is 0.126 e. The Balaban J connectivity index is 3.18. The van der Waals surface area contributed by atoms with Crippen LogP contribution in [0.15, 0.2) is 12.1 Å². The first-order valence-corrected chi connectivity index (χ1v) is 4.31. The number of aryl methyl sites for hydroxylation is 1. The number of nitriles is 1. The number of ether oxygens (including phenoxy) is 2. The van der Waals surface area contributed by atoms with Crippen LogP contribution in [0, 0.1) is 18.3 Å². The van der Waals surface area contributed by atoms with Gasteiger partial charge >= 0.3 is 0 Å².